The lowest BCUT2D eigenvalue weighted by atomic mass is 9.94. The predicted octanol–water partition coefficient (Wildman–Crippen LogP) is 3.49. The number of para-hydroxylation sites is 1. The van der Waals surface area contributed by atoms with Crippen LogP contribution >= 0.6 is 22.9 Å². The van der Waals surface area contributed by atoms with Gasteiger partial charge in [-0.05, 0) is 44.5 Å². The number of thiazole rings is 1. The smallest absolute Gasteiger partial charge is 0.271 e. The third-order valence-electron chi connectivity index (χ3n) is 6.51. The fourth-order valence-electron chi connectivity index (χ4n) is 4.65. The summed E-state index contributed by atoms with van der Waals surface area (Å²) in [5, 5.41) is 0.435. The van der Waals surface area contributed by atoms with Gasteiger partial charge in [-0.2, -0.15) is 0 Å². The largest absolute Gasteiger partial charge is 0.496 e. The van der Waals surface area contributed by atoms with Gasteiger partial charge in [-0.1, -0.05) is 41.1 Å². The Hall–Kier alpha value is -3.56. The van der Waals surface area contributed by atoms with Crippen LogP contribution in [0.5, 0.6) is 17.2 Å². The molecule has 1 atom stereocenters. The number of ether oxygens (including phenoxy) is 3. The number of halogens is 1. The van der Waals surface area contributed by atoms with E-state index in [-0.39, 0.29) is 18.3 Å². The molecule has 5 rings (SSSR count). The van der Waals surface area contributed by atoms with Gasteiger partial charge in [0.05, 0.1) is 27.9 Å². The summed E-state index contributed by atoms with van der Waals surface area (Å²) in [6.45, 7) is 6.87. The van der Waals surface area contributed by atoms with E-state index in [2.05, 4.69) is 0 Å². The molecule has 1 aromatic heterocycles. The number of allylic oxidation sites excluding steroid dienone is 1. The number of nitrogens with zero attached hydrogens (tertiary/aromatic N) is 3. The monoisotopic (exact) mass is 539 g/mol. The summed E-state index contributed by atoms with van der Waals surface area (Å²) < 4.78 is 18.5. The van der Waals surface area contributed by atoms with Crippen molar-refractivity contribution in [3.05, 3.63) is 83.5 Å². The lowest BCUT2D eigenvalue weighted by Gasteiger charge is -2.29. The quantitative estimate of drug-likeness (QED) is 0.479. The molecule has 0 fully saturated rings. The van der Waals surface area contributed by atoms with Crippen LogP contribution in [0.3, 0.4) is 0 Å². The van der Waals surface area contributed by atoms with Gasteiger partial charge in [-0.15, -0.1) is 0 Å². The minimum absolute atomic E-state index is 0.124. The summed E-state index contributed by atoms with van der Waals surface area (Å²) >= 11 is 7.73. The first kappa shape index (κ1) is 25.1. The van der Waals surface area contributed by atoms with E-state index in [0.717, 1.165) is 0 Å². The van der Waals surface area contributed by atoms with Crippen LogP contribution in [0.25, 0.3) is 6.08 Å². The lowest BCUT2D eigenvalue weighted by molar-refractivity contribution is -0.127. The Morgan fingerprint density at radius 2 is 1.95 bits per heavy atom. The number of aromatic nitrogens is 1. The molecule has 3 aromatic rings. The molecule has 0 spiro atoms. The van der Waals surface area contributed by atoms with Crippen LogP contribution in [-0.4, -0.2) is 42.4 Å². The van der Waals surface area contributed by atoms with Gasteiger partial charge in [-0.25, -0.2) is 4.99 Å². The zero-order chi connectivity index (χ0) is 26.3. The number of likely N-dealkylation sites (N-methyl/N-ethyl adjacent to an activating group) is 1. The molecule has 0 radical (unpaired) electrons. The Kier molecular flexibility index (Phi) is 6.83. The molecule has 2 aromatic carbocycles. The number of carbonyl (C=O) groups is 1. The molecule has 37 heavy (non-hydrogen) atoms. The maximum atomic E-state index is 13.9. The van der Waals surface area contributed by atoms with Crippen LogP contribution in [0.15, 0.2) is 57.5 Å². The van der Waals surface area contributed by atoms with Crippen molar-refractivity contribution in [3.63, 3.8) is 0 Å². The third kappa shape index (κ3) is 4.32. The molecule has 8 nitrogen and oxygen atoms in total. The number of methoxy groups -OCH3 is 1. The number of hydrogen-bond donors (Lipinski definition) is 0. The van der Waals surface area contributed by atoms with E-state index in [1.54, 1.807) is 34.8 Å². The topological polar surface area (TPSA) is 82.4 Å². The van der Waals surface area contributed by atoms with E-state index in [1.165, 1.54) is 11.3 Å². The Balaban J connectivity index is 1.74. The second kappa shape index (κ2) is 10.1. The van der Waals surface area contributed by atoms with Crippen molar-refractivity contribution in [2.24, 2.45) is 4.99 Å². The average molecular weight is 540 g/mol. The molecule has 0 bridgehead atoms. The van der Waals surface area contributed by atoms with Gasteiger partial charge in [0.1, 0.15) is 11.8 Å². The first-order chi connectivity index (χ1) is 17.9. The van der Waals surface area contributed by atoms with E-state index in [0.29, 0.717) is 67.1 Å². The van der Waals surface area contributed by atoms with Gasteiger partial charge in [0.25, 0.3) is 11.5 Å². The van der Waals surface area contributed by atoms with Gasteiger partial charge >= 0.3 is 0 Å². The number of benzene rings is 2. The number of rotatable bonds is 6. The number of fused-ring (bicyclic) bond motifs is 2. The van der Waals surface area contributed by atoms with Gasteiger partial charge in [0, 0.05) is 24.7 Å². The highest BCUT2D eigenvalue weighted by Crippen LogP contribution is 2.38. The zero-order valence-electron chi connectivity index (χ0n) is 20.9. The molecule has 0 N–H and O–H groups in total. The molecular formula is C27H26ClN3O5S. The third-order valence-corrected chi connectivity index (χ3v) is 7.83. The van der Waals surface area contributed by atoms with Crippen LogP contribution in [0, 0.1) is 0 Å². The zero-order valence-corrected chi connectivity index (χ0v) is 22.5. The van der Waals surface area contributed by atoms with E-state index in [1.807, 2.05) is 45.0 Å². The van der Waals surface area contributed by atoms with Crippen LogP contribution in [0.4, 0.5) is 0 Å². The fraction of sp³-hybridized carbons (Fsp3) is 0.296. The van der Waals surface area contributed by atoms with Crippen molar-refractivity contribution in [2.45, 2.75) is 26.8 Å². The predicted molar refractivity (Wildman–Crippen MR) is 142 cm³/mol. The Morgan fingerprint density at radius 3 is 2.65 bits per heavy atom. The van der Waals surface area contributed by atoms with Crippen molar-refractivity contribution in [1.29, 1.82) is 0 Å². The molecule has 0 aliphatic carbocycles. The highest BCUT2D eigenvalue weighted by molar-refractivity contribution is 7.07. The van der Waals surface area contributed by atoms with Crippen LogP contribution < -0.4 is 29.1 Å². The first-order valence-corrected chi connectivity index (χ1v) is 13.1. The second-order valence-corrected chi connectivity index (χ2v) is 9.94. The minimum atomic E-state index is -0.699. The molecule has 2 aliphatic rings. The van der Waals surface area contributed by atoms with Crippen molar-refractivity contribution >= 4 is 34.9 Å². The summed E-state index contributed by atoms with van der Waals surface area (Å²) in [5.74, 6) is 1.56. The number of hydrogen-bond acceptors (Lipinski definition) is 7. The van der Waals surface area contributed by atoms with Crippen molar-refractivity contribution < 1.29 is 19.0 Å². The summed E-state index contributed by atoms with van der Waals surface area (Å²) in [4.78, 5) is 34.6. The molecular weight excluding hydrogens is 514 g/mol. The Bertz CT molecular complexity index is 1600. The number of carbonyl (C=O) groups excluding carboxylic acids is 1. The van der Waals surface area contributed by atoms with Crippen molar-refractivity contribution in [1.82, 2.24) is 9.47 Å². The normalized spacial score (nSPS) is 16.5. The second-order valence-electron chi connectivity index (χ2n) is 8.53. The van der Waals surface area contributed by atoms with Gasteiger partial charge in [0.15, 0.2) is 16.3 Å². The Morgan fingerprint density at radius 1 is 1.24 bits per heavy atom. The highest BCUT2D eigenvalue weighted by Gasteiger charge is 2.35. The lowest BCUT2D eigenvalue weighted by Crippen LogP contribution is -2.43. The maximum Gasteiger partial charge on any atom is 0.271 e. The van der Waals surface area contributed by atoms with Crippen molar-refractivity contribution in [3.8, 4) is 17.2 Å². The van der Waals surface area contributed by atoms with Gasteiger partial charge in [-0.3, -0.25) is 14.2 Å². The van der Waals surface area contributed by atoms with Crippen molar-refractivity contribution in [2.75, 3.05) is 27.0 Å². The molecule has 2 aliphatic heterocycles. The van der Waals surface area contributed by atoms with E-state index < -0.39 is 6.04 Å². The highest BCUT2D eigenvalue weighted by atomic mass is 35.5. The van der Waals surface area contributed by atoms with E-state index >= 15 is 0 Å². The maximum absolute atomic E-state index is 13.9. The van der Waals surface area contributed by atoms with E-state index in [4.69, 9.17) is 30.8 Å². The summed E-state index contributed by atoms with van der Waals surface area (Å²) in [6.07, 6.45) is 1.72. The SMILES string of the molecule is CCN(CC)C(=O)C1=C(C)N=c2s/c(=C/c3cc4c(cc3Cl)OCO4)c(=O)n2[C@@H]1c1ccccc1OC. The Labute approximate surface area is 222 Å². The summed E-state index contributed by atoms with van der Waals surface area (Å²) in [5.41, 5.74) is 2.09. The summed E-state index contributed by atoms with van der Waals surface area (Å²) in [7, 11) is 1.58. The fourth-order valence-corrected chi connectivity index (χ4v) is 5.89. The molecule has 0 unspecified atom stereocenters. The van der Waals surface area contributed by atoms with Crippen LogP contribution in [0.1, 0.15) is 37.9 Å². The molecule has 1 amide bonds. The molecule has 0 saturated carbocycles. The van der Waals surface area contributed by atoms with Crippen LogP contribution in [0.2, 0.25) is 5.02 Å². The molecule has 0 saturated heterocycles. The number of amides is 1. The standard InChI is InChI=1S/C27H26ClN3O5S/c1-5-30(6-2)26(33)23-15(3)29-27-31(24(23)17-9-7-8-10-19(17)34-4)25(32)22(37-27)12-16-11-20-21(13-18(16)28)36-14-35-20/h7-13,24H,5-6,14H2,1-4H3/b22-12+/t24-/m1/s1. The minimum Gasteiger partial charge on any atom is -0.496 e. The molecule has 3 heterocycles. The summed E-state index contributed by atoms with van der Waals surface area (Å²) in [6, 6.07) is 10.2. The molecule has 192 valence electrons. The average Bonchev–Trinajstić information content (AvgIpc) is 3.47. The van der Waals surface area contributed by atoms with Gasteiger partial charge < -0.3 is 19.1 Å². The van der Waals surface area contributed by atoms with Gasteiger partial charge in [0.2, 0.25) is 6.79 Å². The van der Waals surface area contributed by atoms with Crippen LogP contribution in [-0.2, 0) is 4.79 Å². The van der Waals surface area contributed by atoms with E-state index in [9.17, 15) is 9.59 Å². The first-order valence-electron chi connectivity index (χ1n) is 11.9. The molecule has 10 heteroatoms.